The predicted octanol–water partition coefficient (Wildman–Crippen LogP) is 3.50. The van der Waals surface area contributed by atoms with E-state index in [2.05, 4.69) is 39.5 Å². The van der Waals surface area contributed by atoms with Crippen molar-refractivity contribution in [3.8, 4) is 0 Å². The molecule has 1 aliphatic rings. The summed E-state index contributed by atoms with van der Waals surface area (Å²) in [6.07, 6.45) is 13.8. The number of rotatable bonds is 6. The zero-order chi connectivity index (χ0) is 13.1. The van der Waals surface area contributed by atoms with Crippen LogP contribution >= 0.6 is 11.3 Å². The minimum atomic E-state index is 0.574. The molecule has 2 heterocycles. The van der Waals surface area contributed by atoms with Crippen LogP contribution in [0, 0.1) is 5.92 Å². The molecule has 0 aliphatic heterocycles. The Bertz CT molecular complexity index is 482. The molecule has 1 N–H and O–H groups in total. The fourth-order valence-electron chi connectivity index (χ4n) is 3.21. The lowest BCUT2D eigenvalue weighted by Crippen LogP contribution is -2.28. The summed E-state index contributed by atoms with van der Waals surface area (Å²) < 4.78 is 2.13. The van der Waals surface area contributed by atoms with Crippen LogP contribution in [-0.4, -0.2) is 22.5 Å². The van der Waals surface area contributed by atoms with Crippen molar-refractivity contribution < 1.29 is 0 Å². The van der Waals surface area contributed by atoms with Crippen molar-refractivity contribution in [1.82, 2.24) is 14.7 Å². The second kappa shape index (κ2) is 6.06. The minimum Gasteiger partial charge on any atom is -0.317 e. The van der Waals surface area contributed by atoms with E-state index in [1.807, 2.05) is 0 Å². The second-order valence-corrected chi connectivity index (χ2v) is 6.62. The highest BCUT2D eigenvalue weighted by Gasteiger charge is 2.17. The van der Waals surface area contributed by atoms with Gasteiger partial charge in [-0.1, -0.05) is 25.7 Å². The van der Waals surface area contributed by atoms with Crippen LogP contribution in [0.1, 0.15) is 44.2 Å². The van der Waals surface area contributed by atoms with Crippen LogP contribution in [0.15, 0.2) is 17.8 Å². The van der Waals surface area contributed by atoms with Crippen molar-refractivity contribution >= 4 is 16.3 Å². The van der Waals surface area contributed by atoms with E-state index in [1.54, 1.807) is 11.3 Å². The van der Waals surface area contributed by atoms with Crippen molar-refractivity contribution in [3.05, 3.63) is 23.5 Å². The summed E-state index contributed by atoms with van der Waals surface area (Å²) in [6.45, 7) is 0. The Hall–Kier alpha value is -0.870. The van der Waals surface area contributed by atoms with Crippen LogP contribution in [0.5, 0.6) is 0 Å². The minimum absolute atomic E-state index is 0.574. The first-order valence-corrected chi connectivity index (χ1v) is 8.31. The van der Waals surface area contributed by atoms with Crippen molar-refractivity contribution in [2.45, 2.75) is 51.0 Å². The molecule has 19 heavy (non-hydrogen) atoms. The van der Waals surface area contributed by atoms with Gasteiger partial charge in [-0.15, -0.1) is 11.3 Å². The first-order chi connectivity index (χ1) is 9.35. The number of fused-ring (bicyclic) bond motifs is 1. The lowest BCUT2D eigenvalue weighted by atomic mass is 9.96. The van der Waals surface area contributed by atoms with Gasteiger partial charge in [0.25, 0.3) is 0 Å². The molecular weight excluding hydrogens is 254 g/mol. The zero-order valence-electron chi connectivity index (χ0n) is 11.6. The van der Waals surface area contributed by atoms with Crippen LogP contribution in [-0.2, 0) is 6.42 Å². The van der Waals surface area contributed by atoms with Crippen LogP contribution in [0.25, 0.3) is 4.96 Å². The van der Waals surface area contributed by atoms with E-state index < -0.39 is 0 Å². The summed E-state index contributed by atoms with van der Waals surface area (Å²) in [7, 11) is 2.08. The number of hydrogen-bond donors (Lipinski definition) is 1. The van der Waals surface area contributed by atoms with Crippen LogP contribution in [0.3, 0.4) is 0 Å². The summed E-state index contributed by atoms with van der Waals surface area (Å²) in [5.74, 6) is 0.987. The number of hydrogen-bond acceptors (Lipinski definition) is 3. The molecule has 2 aromatic heterocycles. The number of aromatic nitrogens is 2. The fourth-order valence-corrected chi connectivity index (χ4v) is 3.93. The van der Waals surface area contributed by atoms with E-state index in [0.717, 1.165) is 17.3 Å². The highest BCUT2D eigenvalue weighted by Crippen LogP contribution is 2.29. The van der Waals surface area contributed by atoms with E-state index >= 15 is 0 Å². The summed E-state index contributed by atoms with van der Waals surface area (Å²) in [6, 6.07) is 0.574. The number of nitrogens with zero attached hydrogens (tertiary/aromatic N) is 2. The molecule has 0 aromatic carbocycles. The molecule has 1 fully saturated rings. The summed E-state index contributed by atoms with van der Waals surface area (Å²) in [5.41, 5.74) is 1.22. The molecule has 1 unspecified atom stereocenters. The third kappa shape index (κ3) is 3.18. The number of thiazole rings is 1. The van der Waals surface area contributed by atoms with Gasteiger partial charge in [0.05, 0.1) is 5.69 Å². The van der Waals surface area contributed by atoms with Crippen molar-refractivity contribution in [3.63, 3.8) is 0 Å². The maximum Gasteiger partial charge on any atom is 0.193 e. The standard InChI is InChI=1S/C15H23N3S/c1-16-13(7-6-12-4-2-3-5-12)10-14-11-18-8-9-19-15(18)17-14/h8-9,11-13,16H,2-7,10H2,1H3. The Balaban J connectivity index is 1.54. The molecule has 0 radical (unpaired) electrons. The molecule has 0 spiro atoms. The van der Waals surface area contributed by atoms with Gasteiger partial charge >= 0.3 is 0 Å². The van der Waals surface area contributed by atoms with E-state index in [0.29, 0.717) is 6.04 Å². The maximum atomic E-state index is 4.68. The Kier molecular flexibility index (Phi) is 4.18. The monoisotopic (exact) mass is 277 g/mol. The SMILES string of the molecule is CNC(CCC1CCCC1)Cc1cn2ccsc2n1. The third-order valence-corrected chi connectivity index (χ3v) is 5.18. The molecule has 0 bridgehead atoms. The molecule has 3 nitrogen and oxygen atoms in total. The van der Waals surface area contributed by atoms with Gasteiger partial charge in [-0.05, 0) is 25.8 Å². The average Bonchev–Trinajstić information content (AvgIpc) is 3.10. The Labute approximate surface area is 119 Å². The quantitative estimate of drug-likeness (QED) is 0.875. The Morgan fingerprint density at radius 3 is 3.05 bits per heavy atom. The van der Waals surface area contributed by atoms with Gasteiger partial charge in [0.15, 0.2) is 4.96 Å². The van der Waals surface area contributed by atoms with Gasteiger partial charge in [-0.3, -0.25) is 4.40 Å². The van der Waals surface area contributed by atoms with Crippen LogP contribution in [0.4, 0.5) is 0 Å². The van der Waals surface area contributed by atoms with Crippen molar-refractivity contribution in [2.75, 3.05) is 7.05 Å². The molecule has 2 aromatic rings. The third-order valence-electron chi connectivity index (χ3n) is 4.41. The van der Waals surface area contributed by atoms with Crippen molar-refractivity contribution in [2.24, 2.45) is 5.92 Å². The molecule has 1 atom stereocenters. The van der Waals surface area contributed by atoms with E-state index in [-0.39, 0.29) is 0 Å². The van der Waals surface area contributed by atoms with Gasteiger partial charge < -0.3 is 5.32 Å². The van der Waals surface area contributed by atoms with Gasteiger partial charge in [0, 0.05) is 30.2 Å². The molecule has 104 valence electrons. The number of likely N-dealkylation sites (N-methyl/N-ethyl adjacent to an activating group) is 1. The Morgan fingerprint density at radius 2 is 2.32 bits per heavy atom. The van der Waals surface area contributed by atoms with Gasteiger partial charge in [-0.25, -0.2) is 4.98 Å². The molecule has 1 saturated carbocycles. The van der Waals surface area contributed by atoms with E-state index in [9.17, 15) is 0 Å². The lowest BCUT2D eigenvalue weighted by Gasteiger charge is -2.17. The highest BCUT2D eigenvalue weighted by molar-refractivity contribution is 7.15. The van der Waals surface area contributed by atoms with Crippen molar-refractivity contribution in [1.29, 1.82) is 0 Å². The predicted molar refractivity (Wildman–Crippen MR) is 80.8 cm³/mol. The molecule has 4 heteroatoms. The number of imidazole rings is 1. The van der Waals surface area contributed by atoms with E-state index in [1.165, 1.54) is 44.2 Å². The van der Waals surface area contributed by atoms with Crippen LogP contribution in [0.2, 0.25) is 0 Å². The summed E-state index contributed by atoms with van der Waals surface area (Å²) >= 11 is 1.71. The largest absolute Gasteiger partial charge is 0.317 e. The number of nitrogens with one attached hydrogen (secondary N) is 1. The molecule has 0 amide bonds. The van der Waals surface area contributed by atoms with E-state index in [4.69, 9.17) is 0 Å². The summed E-state index contributed by atoms with van der Waals surface area (Å²) in [5, 5.41) is 5.55. The lowest BCUT2D eigenvalue weighted by molar-refractivity contribution is 0.417. The topological polar surface area (TPSA) is 29.3 Å². The second-order valence-electron chi connectivity index (χ2n) is 5.74. The first-order valence-electron chi connectivity index (χ1n) is 7.43. The average molecular weight is 277 g/mol. The fraction of sp³-hybridized carbons (Fsp3) is 0.667. The molecular formula is C15H23N3S. The molecule has 1 aliphatic carbocycles. The smallest absolute Gasteiger partial charge is 0.193 e. The maximum absolute atomic E-state index is 4.68. The van der Waals surface area contributed by atoms with Gasteiger partial charge in [0.1, 0.15) is 0 Å². The highest BCUT2D eigenvalue weighted by atomic mass is 32.1. The molecule has 0 saturated heterocycles. The van der Waals surface area contributed by atoms with Gasteiger partial charge in [0.2, 0.25) is 0 Å². The Morgan fingerprint density at radius 1 is 1.47 bits per heavy atom. The van der Waals surface area contributed by atoms with Crippen LogP contribution < -0.4 is 5.32 Å². The first kappa shape index (κ1) is 13.1. The normalized spacial score (nSPS) is 18.4. The zero-order valence-corrected chi connectivity index (χ0v) is 12.5. The molecule has 3 rings (SSSR count). The summed E-state index contributed by atoms with van der Waals surface area (Å²) in [4.78, 5) is 5.79. The van der Waals surface area contributed by atoms with Gasteiger partial charge in [-0.2, -0.15) is 0 Å².